The minimum absolute atomic E-state index is 0.0580. The topological polar surface area (TPSA) is 72.9 Å². The molecular formula is C15H17NO5. The first-order chi connectivity index (χ1) is 10.1. The Morgan fingerprint density at radius 2 is 2.00 bits per heavy atom. The quantitative estimate of drug-likeness (QED) is 0.602. The normalized spacial score (nSPS) is 18.2. The largest absolute Gasteiger partial charge is 0.484 e. The molecule has 21 heavy (non-hydrogen) atoms. The number of carbonyl (C=O) groups is 3. The van der Waals surface area contributed by atoms with Crippen molar-refractivity contribution in [2.75, 3.05) is 26.8 Å². The molecule has 6 nitrogen and oxygen atoms in total. The number of ether oxygens (including phenoxy) is 2. The van der Waals surface area contributed by atoms with E-state index in [-0.39, 0.29) is 31.3 Å². The minimum atomic E-state index is -0.885. The highest BCUT2D eigenvalue weighted by molar-refractivity contribution is 6.00. The Hall–Kier alpha value is -2.37. The van der Waals surface area contributed by atoms with Crippen LogP contribution in [0.1, 0.15) is 6.42 Å². The highest BCUT2D eigenvalue weighted by Gasteiger charge is 2.35. The van der Waals surface area contributed by atoms with E-state index >= 15 is 0 Å². The van der Waals surface area contributed by atoms with E-state index < -0.39 is 11.9 Å². The van der Waals surface area contributed by atoms with Crippen molar-refractivity contribution in [1.82, 2.24) is 4.90 Å². The number of hydrogen-bond donors (Lipinski definition) is 0. The van der Waals surface area contributed by atoms with Crippen LogP contribution >= 0.6 is 0 Å². The second-order valence-electron chi connectivity index (χ2n) is 4.73. The number of benzene rings is 1. The number of methoxy groups -OCH3 is 1. The van der Waals surface area contributed by atoms with Crippen molar-refractivity contribution in [3.05, 3.63) is 30.3 Å². The van der Waals surface area contributed by atoms with Gasteiger partial charge in [-0.15, -0.1) is 0 Å². The zero-order valence-electron chi connectivity index (χ0n) is 11.8. The zero-order valence-corrected chi connectivity index (χ0v) is 11.8. The van der Waals surface area contributed by atoms with Gasteiger partial charge >= 0.3 is 5.97 Å². The summed E-state index contributed by atoms with van der Waals surface area (Å²) in [5, 5.41) is 0. The fourth-order valence-electron chi connectivity index (χ4n) is 2.16. The van der Waals surface area contributed by atoms with Gasteiger partial charge in [0, 0.05) is 19.5 Å². The summed E-state index contributed by atoms with van der Waals surface area (Å²) in [7, 11) is 1.23. The van der Waals surface area contributed by atoms with Crippen LogP contribution in [0.25, 0.3) is 0 Å². The average molecular weight is 291 g/mol. The van der Waals surface area contributed by atoms with Crippen molar-refractivity contribution in [2.24, 2.45) is 5.92 Å². The number of hydrogen-bond acceptors (Lipinski definition) is 5. The molecule has 0 spiro atoms. The monoisotopic (exact) mass is 291 g/mol. The van der Waals surface area contributed by atoms with Gasteiger partial charge in [-0.05, 0) is 12.1 Å². The molecule has 112 valence electrons. The third kappa shape index (κ3) is 3.81. The number of para-hydroxylation sites is 1. The van der Waals surface area contributed by atoms with Crippen LogP contribution in [0.2, 0.25) is 0 Å². The van der Waals surface area contributed by atoms with Crippen molar-refractivity contribution in [1.29, 1.82) is 0 Å². The number of likely N-dealkylation sites (tertiary alicyclic amines) is 1. The van der Waals surface area contributed by atoms with Crippen LogP contribution in [0, 0.1) is 5.92 Å². The van der Waals surface area contributed by atoms with E-state index in [0.717, 1.165) is 0 Å². The smallest absolute Gasteiger partial charge is 0.318 e. The molecule has 0 aromatic heterocycles. The third-order valence-corrected chi connectivity index (χ3v) is 3.36. The van der Waals surface area contributed by atoms with Gasteiger partial charge < -0.3 is 14.4 Å². The molecule has 0 aliphatic carbocycles. The summed E-state index contributed by atoms with van der Waals surface area (Å²) in [6, 6.07) is 8.99. The van der Waals surface area contributed by atoms with Crippen LogP contribution in [0.4, 0.5) is 0 Å². The Morgan fingerprint density at radius 3 is 2.67 bits per heavy atom. The van der Waals surface area contributed by atoms with Crippen molar-refractivity contribution in [3.63, 3.8) is 0 Å². The zero-order chi connectivity index (χ0) is 15.2. The van der Waals surface area contributed by atoms with E-state index in [9.17, 15) is 14.4 Å². The maximum atomic E-state index is 12.1. The molecule has 1 amide bonds. The first-order valence-electron chi connectivity index (χ1n) is 6.68. The summed E-state index contributed by atoms with van der Waals surface area (Å²) in [6.07, 6.45) is 0.164. The SMILES string of the molecule is COC(=O)C1CN(C(=O)COc2ccccc2)CCC1=O. The molecule has 1 aliphatic heterocycles. The van der Waals surface area contributed by atoms with Crippen LogP contribution in [0.5, 0.6) is 5.75 Å². The number of Topliss-reactive ketones (excluding diaryl/α,β-unsaturated/α-hetero) is 1. The lowest BCUT2D eigenvalue weighted by atomic mass is 9.96. The van der Waals surface area contributed by atoms with Gasteiger partial charge in [-0.1, -0.05) is 18.2 Å². The molecule has 1 unspecified atom stereocenters. The minimum Gasteiger partial charge on any atom is -0.484 e. The standard InChI is InChI=1S/C15H17NO5/c1-20-15(19)12-9-16(8-7-13(12)17)14(18)10-21-11-5-3-2-4-6-11/h2-6,12H,7-10H2,1H3. The molecule has 6 heteroatoms. The van der Waals surface area contributed by atoms with Gasteiger partial charge in [0.1, 0.15) is 11.7 Å². The van der Waals surface area contributed by atoms with E-state index in [0.29, 0.717) is 12.3 Å². The first kappa shape index (κ1) is 15.0. The molecule has 2 rings (SSSR count). The van der Waals surface area contributed by atoms with Gasteiger partial charge in [-0.25, -0.2) is 0 Å². The lowest BCUT2D eigenvalue weighted by molar-refractivity contribution is -0.153. The fourth-order valence-corrected chi connectivity index (χ4v) is 2.16. The van der Waals surface area contributed by atoms with Gasteiger partial charge in [0.15, 0.2) is 12.4 Å². The summed E-state index contributed by atoms with van der Waals surface area (Å²) < 4.78 is 9.97. The van der Waals surface area contributed by atoms with Crippen LogP contribution in [-0.2, 0) is 19.1 Å². The molecular weight excluding hydrogens is 274 g/mol. The van der Waals surface area contributed by atoms with E-state index in [1.54, 1.807) is 12.1 Å². The van der Waals surface area contributed by atoms with Crippen molar-refractivity contribution in [3.8, 4) is 5.75 Å². The number of amides is 1. The number of carbonyl (C=O) groups excluding carboxylic acids is 3. The maximum absolute atomic E-state index is 12.1. The van der Waals surface area contributed by atoms with Crippen molar-refractivity contribution < 1.29 is 23.9 Å². The predicted octanol–water partition coefficient (Wildman–Crippen LogP) is 0.656. The molecule has 0 saturated carbocycles. The van der Waals surface area contributed by atoms with Crippen LogP contribution in [0.3, 0.4) is 0 Å². The maximum Gasteiger partial charge on any atom is 0.318 e. The second kappa shape index (κ2) is 6.88. The Bertz CT molecular complexity index is 520. The molecule has 1 atom stereocenters. The van der Waals surface area contributed by atoms with Gasteiger partial charge in [0.25, 0.3) is 5.91 Å². The molecule has 0 bridgehead atoms. The average Bonchev–Trinajstić information content (AvgIpc) is 2.53. The number of rotatable bonds is 4. The molecule has 1 saturated heterocycles. The Balaban J connectivity index is 1.90. The Kier molecular flexibility index (Phi) is 4.92. The van der Waals surface area contributed by atoms with Gasteiger partial charge in [-0.2, -0.15) is 0 Å². The summed E-state index contributed by atoms with van der Waals surface area (Å²) in [4.78, 5) is 36.7. The summed E-state index contributed by atoms with van der Waals surface area (Å²) in [6.45, 7) is 0.248. The van der Waals surface area contributed by atoms with E-state index in [2.05, 4.69) is 4.74 Å². The molecule has 1 aromatic carbocycles. The van der Waals surface area contributed by atoms with Crippen molar-refractivity contribution >= 4 is 17.7 Å². The summed E-state index contributed by atoms with van der Waals surface area (Å²) in [5.74, 6) is -1.32. The van der Waals surface area contributed by atoms with E-state index in [1.807, 2.05) is 18.2 Å². The lowest BCUT2D eigenvalue weighted by Gasteiger charge is -2.30. The highest BCUT2D eigenvalue weighted by atomic mass is 16.5. The number of esters is 1. The first-order valence-corrected chi connectivity index (χ1v) is 6.68. The molecule has 1 aliphatic rings. The fraction of sp³-hybridized carbons (Fsp3) is 0.400. The molecule has 1 fully saturated rings. The van der Waals surface area contributed by atoms with Gasteiger partial charge in [-0.3, -0.25) is 14.4 Å². The van der Waals surface area contributed by atoms with E-state index in [4.69, 9.17) is 4.74 Å². The predicted molar refractivity (Wildman–Crippen MR) is 73.6 cm³/mol. The molecule has 1 heterocycles. The second-order valence-corrected chi connectivity index (χ2v) is 4.73. The Labute approximate surface area is 122 Å². The van der Waals surface area contributed by atoms with Crippen LogP contribution < -0.4 is 4.74 Å². The van der Waals surface area contributed by atoms with Gasteiger partial charge in [0.05, 0.1) is 7.11 Å². The highest BCUT2D eigenvalue weighted by Crippen LogP contribution is 2.15. The molecule has 0 N–H and O–H groups in total. The molecule has 0 radical (unpaired) electrons. The Morgan fingerprint density at radius 1 is 1.29 bits per heavy atom. The van der Waals surface area contributed by atoms with Gasteiger partial charge in [0.2, 0.25) is 0 Å². The third-order valence-electron chi connectivity index (χ3n) is 3.36. The summed E-state index contributed by atoms with van der Waals surface area (Å²) in [5.41, 5.74) is 0. The molecule has 1 aromatic rings. The number of ketones is 1. The number of nitrogens with zero attached hydrogens (tertiary/aromatic N) is 1. The summed E-state index contributed by atoms with van der Waals surface area (Å²) >= 11 is 0. The van der Waals surface area contributed by atoms with E-state index in [1.165, 1.54) is 12.0 Å². The van der Waals surface area contributed by atoms with Crippen LogP contribution in [0.15, 0.2) is 30.3 Å². The van der Waals surface area contributed by atoms with Crippen LogP contribution in [-0.4, -0.2) is 49.4 Å². The lowest BCUT2D eigenvalue weighted by Crippen LogP contribution is -2.48. The number of piperidine rings is 1. The van der Waals surface area contributed by atoms with Crippen molar-refractivity contribution in [2.45, 2.75) is 6.42 Å².